The third-order valence-electron chi connectivity index (χ3n) is 3.84. The number of hydrogen-bond donors (Lipinski definition) is 0. The van der Waals surface area contributed by atoms with Gasteiger partial charge in [-0.3, -0.25) is 4.79 Å². The number of thioether (sulfide) groups is 1. The topological polar surface area (TPSA) is 43.4 Å². The molecule has 0 amide bonds. The highest BCUT2D eigenvalue weighted by Gasteiger charge is 2.02. The van der Waals surface area contributed by atoms with Crippen molar-refractivity contribution in [2.75, 3.05) is 18.1 Å². The number of aldehydes is 1. The fraction of sp³-hybridized carbons (Fsp3) is 0.895. The average molecular weight is 345 g/mol. The first-order valence-electron chi connectivity index (χ1n) is 9.48. The van der Waals surface area contributed by atoms with Crippen LogP contribution in [0, 0.1) is 0 Å². The molecule has 3 nitrogen and oxygen atoms in total. The molecule has 0 heterocycles. The first kappa shape index (κ1) is 22.5. The lowest BCUT2D eigenvalue weighted by Crippen LogP contribution is -2.07. The van der Waals surface area contributed by atoms with Gasteiger partial charge in [0.05, 0.1) is 13.0 Å². The Kier molecular flexibility index (Phi) is 19.1. The van der Waals surface area contributed by atoms with E-state index >= 15 is 0 Å². The van der Waals surface area contributed by atoms with E-state index in [1.807, 2.05) is 0 Å². The van der Waals surface area contributed by atoms with Crippen LogP contribution >= 0.6 is 11.8 Å². The zero-order chi connectivity index (χ0) is 17.0. The molecule has 0 unspecified atom stereocenters. The molecule has 0 bridgehead atoms. The van der Waals surface area contributed by atoms with E-state index in [0.717, 1.165) is 30.6 Å². The van der Waals surface area contributed by atoms with Crippen molar-refractivity contribution in [3.63, 3.8) is 0 Å². The van der Waals surface area contributed by atoms with E-state index in [0.29, 0.717) is 19.4 Å². The Morgan fingerprint density at radius 3 is 2.00 bits per heavy atom. The molecule has 23 heavy (non-hydrogen) atoms. The van der Waals surface area contributed by atoms with Crippen molar-refractivity contribution < 1.29 is 14.3 Å². The molecule has 0 aromatic heterocycles. The van der Waals surface area contributed by atoms with E-state index in [1.165, 1.54) is 57.8 Å². The van der Waals surface area contributed by atoms with Crippen molar-refractivity contribution >= 4 is 24.0 Å². The quantitative estimate of drug-likeness (QED) is 0.186. The van der Waals surface area contributed by atoms with E-state index in [-0.39, 0.29) is 5.97 Å². The Bertz CT molecular complexity index is 269. The predicted molar refractivity (Wildman–Crippen MR) is 100 cm³/mol. The Morgan fingerprint density at radius 1 is 0.870 bits per heavy atom. The van der Waals surface area contributed by atoms with Crippen LogP contribution < -0.4 is 0 Å². The van der Waals surface area contributed by atoms with Crippen molar-refractivity contribution in [2.45, 2.75) is 90.4 Å². The van der Waals surface area contributed by atoms with Gasteiger partial charge in [0, 0.05) is 12.2 Å². The highest BCUT2D eigenvalue weighted by atomic mass is 32.2. The van der Waals surface area contributed by atoms with Gasteiger partial charge in [0.15, 0.2) is 0 Å². The van der Waals surface area contributed by atoms with Gasteiger partial charge in [0.2, 0.25) is 0 Å². The van der Waals surface area contributed by atoms with Crippen LogP contribution in [-0.2, 0) is 14.3 Å². The van der Waals surface area contributed by atoms with Gasteiger partial charge in [-0.1, -0.05) is 71.1 Å². The minimum absolute atomic E-state index is 0.101. The first-order chi connectivity index (χ1) is 11.3. The molecular formula is C19H36O3S. The number of esters is 1. The van der Waals surface area contributed by atoms with E-state index in [1.54, 1.807) is 11.8 Å². The molecule has 4 heteroatoms. The summed E-state index contributed by atoms with van der Waals surface area (Å²) in [6.07, 6.45) is 16.3. The van der Waals surface area contributed by atoms with Crippen LogP contribution in [0.25, 0.3) is 0 Å². The van der Waals surface area contributed by atoms with E-state index < -0.39 is 0 Å². The predicted octanol–water partition coefficient (Wildman–Crippen LogP) is 5.55. The van der Waals surface area contributed by atoms with Gasteiger partial charge in [0.1, 0.15) is 6.29 Å². The Hall–Kier alpha value is -0.510. The van der Waals surface area contributed by atoms with Gasteiger partial charge in [-0.15, -0.1) is 0 Å². The average Bonchev–Trinajstić information content (AvgIpc) is 2.55. The molecule has 0 N–H and O–H groups in total. The molecule has 0 aromatic carbocycles. The summed E-state index contributed by atoms with van der Waals surface area (Å²) in [5.74, 6) is 1.45. The summed E-state index contributed by atoms with van der Waals surface area (Å²) in [5.41, 5.74) is 0. The van der Waals surface area contributed by atoms with Gasteiger partial charge in [-0.2, -0.15) is 11.8 Å². The molecule has 0 saturated carbocycles. The minimum atomic E-state index is -0.101. The van der Waals surface area contributed by atoms with Gasteiger partial charge in [-0.05, 0) is 12.2 Å². The lowest BCUT2D eigenvalue weighted by atomic mass is 10.1. The fourth-order valence-corrected chi connectivity index (χ4v) is 3.19. The maximum Gasteiger partial charge on any atom is 0.306 e. The van der Waals surface area contributed by atoms with E-state index in [4.69, 9.17) is 4.74 Å². The van der Waals surface area contributed by atoms with E-state index in [2.05, 4.69) is 6.92 Å². The van der Waals surface area contributed by atoms with Gasteiger partial charge < -0.3 is 9.53 Å². The molecule has 136 valence electrons. The van der Waals surface area contributed by atoms with Crippen LogP contribution in [0.15, 0.2) is 0 Å². The molecule has 0 aromatic rings. The molecule has 0 aliphatic heterocycles. The molecule has 0 rings (SSSR count). The monoisotopic (exact) mass is 344 g/mol. The van der Waals surface area contributed by atoms with Gasteiger partial charge >= 0.3 is 5.97 Å². The number of unbranched alkanes of at least 4 members (excludes halogenated alkanes) is 10. The van der Waals surface area contributed by atoms with Crippen LogP contribution in [0.2, 0.25) is 0 Å². The summed E-state index contributed by atoms with van der Waals surface area (Å²) < 4.78 is 5.21. The maximum absolute atomic E-state index is 11.5. The Morgan fingerprint density at radius 2 is 1.43 bits per heavy atom. The third-order valence-corrected chi connectivity index (χ3v) is 4.86. The summed E-state index contributed by atoms with van der Waals surface area (Å²) in [7, 11) is 0. The van der Waals surface area contributed by atoms with Crippen LogP contribution in [-0.4, -0.2) is 30.4 Å². The maximum atomic E-state index is 11.5. The summed E-state index contributed by atoms with van der Waals surface area (Å²) in [4.78, 5) is 21.6. The summed E-state index contributed by atoms with van der Waals surface area (Å²) in [6, 6.07) is 0. The molecule has 0 atom stereocenters. The van der Waals surface area contributed by atoms with Crippen LogP contribution in [0.4, 0.5) is 0 Å². The Labute approximate surface area is 147 Å². The van der Waals surface area contributed by atoms with E-state index in [9.17, 15) is 9.59 Å². The summed E-state index contributed by atoms with van der Waals surface area (Å²) >= 11 is 1.63. The molecule has 0 aliphatic rings. The van der Waals surface area contributed by atoms with Crippen LogP contribution in [0.3, 0.4) is 0 Å². The summed E-state index contributed by atoms with van der Waals surface area (Å²) in [6.45, 7) is 2.82. The zero-order valence-corrected chi connectivity index (χ0v) is 15.8. The molecule has 0 saturated heterocycles. The van der Waals surface area contributed by atoms with Crippen LogP contribution in [0.1, 0.15) is 90.4 Å². The number of hydrogen-bond acceptors (Lipinski definition) is 4. The van der Waals surface area contributed by atoms with Crippen molar-refractivity contribution in [3.8, 4) is 0 Å². The summed E-state index contributed by atoms with van der Waals surface area (Å²) in [5, 5.41) is 0. The van der Waals surface area contributed by atoms with Gasteiger partial charge in [0.25, 0.3) is 0 Å². The smallest absolute Gasteiger partial charge is 0.306 e. The fourth-order valence-electron chi connectivity index (χ4n) is 2.41. The highest BCUT2D eigenvalue weighted by molar-refractivity contribution is 7.99. The van der Waals surface area contributed by atoms with Gasteiger partial charge in [-0.25, -0.2) is 0 Å². The number of rotatable bonds is 18. The van der Waals surface area contributed by atoms with Crippen molar-refractivity contribution in [3.05, 3.63) is 0 Å². The SMILES string of the molecule is CCCCCCCCCCCCCOC(=O)CCSCCC=O. The second-order valence-electron chi connectivity index (χ2n) is 6.07. The lowest BCUT2D eigenvalue weighted by Gasteiger charge is -2.05. The molecular weight excluding hydrogens is 308 g/mol. The normalized spacial score (nSPS) is 10.7. The third kappa shape index (κ3) is 19.4. The number of carbonyl (C=O) groups excluding carboxylic acids is 2. The van der Waals surface area contributed by atoms with Crippen molar-refractivity contribution in [2.24, 2.45) is 0 Å². The molecule has 0 aliphatic carbocycles. The van der Waals surface area contributed by atoms with Crippen molar-refractivity contribution in [1.29, 1.82) is 0 Å². The second-order valence-corrected chi connectivity index (χ2v) is 7.30. The second kappa shape index (κ2) is 19.5. The zero-order valence-electron chi connectivity index (χ0n) is 15.0. The lowest BCUT2D eigenvalue weighted by molar-refractivity contribution is -0.143. The minimum Gasteiger partial charge on any atom is -0.466 e. The van der Waals surface area contributed by atoms with Crippen molar-refractivity contribution in [1.82, 2.24) is 0 Å². The van der Waals surface area contributed by atoms with Crippen LogP contribution in [0.5, 0.6) is 0 Å². The number of ether oxygens (including phenoxy) is 1. The number of carbonyl (C=O) groups is 2. The highest BCUT2D eigenvalue weighted by Crippen LogP contribution is 2.11. The largest absolute Gasteiger partial charge is 0.466 e. The first-order valence-corrected chi connectivity index (χ1v) is 10.6. The molecule has 0 fully saturated rings. The molecule has 0 spiro atoms. The Balaban J connectivity index is 3.11. The molecule has 0 radical (unpaired) electrons. The standard InChI is InChI=1S/C19H36O3S/c1-2-3-4-5-6-7-8-9-10-11-12-16-22-19(21)14-18-23-17-13-15-20/h15H,2-14,16-18H2,1H3.